The lowest BCUT2D eigenvalue weighted by molar-refractivity contribution is 0.102. The van der Waals surface area contributed by atoms with Gasteiger partial charge in [-0.15, -0.1) is 0 Å². The van der Waals surface area contributed by atoms with Gasteiger partial charge in [0.2, 0.25) is 0 Å². The van der Waals surface area contributed by atoms with Crippen molar-refractivity contribution < 1.29 is 4.79 Å². The lowest BCUT2D eigenvalue weighted by atomic mass is 9.99. The number of fused-ring (bicyclic) bond motifs is 2. The molecule has 1 amide bonds. The van der Waals surface area contributed by atoms with Gasteiger partial charge in [0, 0.05) is 22.3 Å². The number of carbonyl (C=O) groups is 1. The van der Waals surface area contributed by atoms with Gasteiger partial charge in [-0.1, -0.05) is 12.1 Å². The van der Waals surface area contributed by atoms with Crippen LogP contribution in [-0.4, -0.2) is 22.4 Å². The van der Waals surface area contributed by atoms with Crippen molar-refractivity contribution in [2.24, 2.45) is 0 Å². The maximum absolute atomic E-state index is 12.6. The first-order valence-electron chi connectivity index (χ1n) is 7.48. The molecule has 0 radical (unpaired) electrons. The molecule has 4 rings (SSSR count). The molecule has 23 heavy (non-hydrogen) atoms. The molecule has 0 saturated heterocycles. The number of amides is 1. The predicted molar refractivity (Wildman–Crippen MR) is 93.6 cm³/mol. The van der Waals surface area contributed by atoms with Gasteiger partial charge in [-0.25, -0.2) is 4.98 Å². The third kappa shape index (κ3) is 2.64. The Morgan fingerprint density at radius 2 is 2.22 bits per heavy atom. The van der Waals surface area contributed by atoms with E-state index in [4.69, 9.17) is 0 Å². The third-order valence-corrected chi connectivity index (χ3v) is 4.73. The van der Waals surface area contributed by atoms with Crippen LogP contribution in [0, 0.1) is 0 Å². The van der Waals surface area contributed by atoms with Crippen molar-refractivity contribution in [3.63, 3.8) is 0 Å². The standard InChI is InChI=1S/C17H15BrN4O/c18-13-6-11(7-15-16(13)21-9-20-15)17(23)22-14-3-1-2-10-8-19-5-4-12(10)14/h1-3,6-7,9,19H,4-5,8H2,(H,20,21)(H,22,23). The number of aromatic nitrogens is 2. The molecule has 0 aliphatic carbocycles. The first-order chi connectivity index (χ1) is 11.2. The van der Waals surface area contributed by atoms with Crippen LogP contribution >= 0.6 is 15.9 Å². The van der Waals surface area contributed by atoms with Gasteiger partial charge >= 0.3 is 0 Å². The molecule has 2 heterocycles. The second-order valence-corrected chi connectivity index (χ2v) is 6.44. The summed E-state index contributed by atoms with van der Waals surface area (Å²) in [6, 6.07) is 9.67. The summed E-state index contributed by atoms with van der Waals surface area (Å²) in [7, 11) is 0. The maximum Gasteiger partial charge on any atom is 0.255 e. The summed E-state index contributed by atoms with van der Waals surface area (Å²) >= 11 is 3.47. The molecule has 0 bridgehead atoms. The van der Waals surface area contributed by atoms with Crippen LogP contribution in [0.5, 0.6) is 0 Å². The summed E-state index contributed by atoms with van der Waals surface area (Å²) in [4.78, 5) is 19.9. The van der Waals surface area contributed by atoms with Crippen molar-refractivity contribution >= 4 is 38.6 Å². The summed E-state index contributed by atoms with van der Waals surface area (Å²) in [5.41, 5.74) is 5.63. The Morgan fingerprint density at radius 3 is 3.13 bits per heavy atom. The van der Waals surface area contributed by atoms with Crippen LogP contribution in [0.4, 0.5) is 5.69 Å². The fourth-order valence-electron chi connectivity index (χ4n) is 2.98. The van der Waals surface area contributed by atoms with E-state index < -0.39 is 0 Å². The van der Waals surface area contributed by atoms with Crippen molar-refractivity contribution in [3.8, 4) is 0 Å². The molecule has 6 heteroatoms. The van der Waals surface area contributed by atoms with Crippen LogP contribution in [0.2, 0.25) is 0 Å². The number of nitrogens with one attached hydrogen (secondary N) is 3. The number of hydrogen-bond donors (Lipinski definition) is 3. The van der Waals surface area contributed by atoms with Gasteiger partial charge in [0.05, 0.1) is 11.8 Å². The van der Waals surface area contributed by atoms with E-state index in [1.165, 1.54) is 11.1 Å². The number of benzene rings is 2. The van der Waals surface area contributed by atoms with Crippen LogP contribution in [0.25, 0.3) is 11.0 Å². The Balaban J connectivity index is 1.67. The Kier molecular flexibility index (Phi) is 3.63. The number of aromatic amines is 1. The Morgan fingerprint density at radius 1 is 1.30 bits per heavy atom. The molecule has 0 unspecified atom stereocenters. The number of H-pyrrole nitrogens is 1. The summed E-state index contributed by atoms with van der Waals surface area (Å²) in [6.07, 6.45) is 2.55. The molecule has 0 fully saturated rings. The maximum atomic E-state index is 12.6. The van der Waals surface area contributed by atoms with E-state index in [0.29, 0.717) is 5.56 Å². The molecule has 0 saturated carbocycles. The molecular weight excluding hydrogens is 356 g/mol. The van der Waals surface area contributed by atoms with E-state index in [1.54, 1.807) is 12.4 Å². The number of halogens is 1. The van der Waals surface area contributed by atoms with Gasteiger partial charge in [-0.3, -0.25) is 4.79 Å². The fourth-order valence-corrected chi connectivity index (χ4v) is 3.54. The van der Waals surface area contributed by atoms with E-state index in [1.807, 2.05) is 18.2 Å². The number of rotatable bonds is 2. The molecule has 2 aromatic carbocycles. The summed E-state index contributed by atoms with van der Waals surface area (Å²) in [5, 5.41) is 6.40. The first kappa shape index (κ1) is 14.4. The minimum absolute atomic E-state index is 0.117. The Labute approximate surface area is 141 Å². The van der Waals surface area contributed by atoms with Gasteiger partial charge in [0.25, 0.3) is 5.91 Å². The normalized spacial score (nSPS) is 13.8. The molecule has 1 aliphatic heterocycles. The monoisotopic (exact) mass is 370 g/mol. The quantitative estimate of drug-likeness (QED) is 0.648. The topological polar surface area (TPSA) is 69.8 Å². The second kappa shape index (κ2) is 5.79. The zero-order valence-electron chi connectivity index (χ0n) is 12.3. The largest absolute Gasteiger partial charge is 0.345 e. The molecule has 3 aromatic rings. The Bertz CT molecular complexity index is 903. The van der Waals surface area contributed by atoms with Crippen molar-refractivity contribution in [1.29, 1.82) is 0 Å². The summed E-state index contributed by atoms with van der Waals surface area (Å²) in [5.74, 6) is -0.117. The van der Waals surface area contributed by atoms with Crippen molar-refractivity contribution in [1.82, 2.24) is 15.3 Å². The minimum Gasteiger partial charge on any atom is -0.345 e. The van der Waals surface area contributed by atoms with Gasteiger partial charge in [-0.2, -0.15) is 0 Å². The molecule has 0 spiro atoms. The number of nitrogens with zero attached hydrogens (tertiary/aromatic N) is 1. The molecular formula is C17H15BrN4O. The highest BCUT2D eigenvalue weighted by atomic mass is 79.9. The summed E-state index contributed by atoms with van der Waals surface area (Å²) in [6.45, 7) is 1.79. The third-order valence-electron chi connectivity index (χ3n) is 4.13. The molecule has 1 aromatic heterocycles. The fraction of sp³-hybridized carbons (Fsp3) is 0.176. The average Bonchev–Trinajstić information content (AvgIpc) is 3.04. The van der Waals surface area contributed by atoms with Crippen LogP contribution in [-0.2, 0) is 13.0 Å². The van der Waals surface area contributed by atoms with E-state index >= 15 is 0 Å². The number of carbonyl (C=O) groups excluding carboxylic acids is 1. The first-order valence-corrected chi connectivity index (χ1v) is 8.27. The molecule has 1 aliphatic rings. The predicted octanol–water partition coefficient (Wildman–Crippen LogP) is 3.22. The molecule has 116 valence electrons. The number of anilines is 1. The molecule has 5 nitrogen and oxygen atoms in total. The number of hydrogen-bond acceptors (Lipinski definition) is 3. The minimum atomic E-state index is -0.117. The van der Waals surface area contributed by atoms with Crippen molar-refractivity contribution in [3.05, 3.63) is 57.8 Å². The van der Waals surface area contributed by atoms with Crippen LogP contribution in [0.3, 0.4) is 0 Å². The molecule has 3 N–H and O–H groups in total. The lowest BCUT2D eigenvalue weighted by Crippen LogP contribution is -2.25. The highest BCUT2D eigenvalue weighted by Crippen LogP contribution is 2.26. The highest BCUT2D eigenvalue weighted by molar-refractivity contribution is 9.10. The van der Waals surface area contributed by atoms with E-state index in [2.05, 4.69) is 42.6 Å². The van der Waals surface area contributed by atoms with E-state index in [-0.39, 0.29) is 5.91 Å². The highest BCUT2D eigenvalue weighted by Gasteiger charge is 2.16. The van der Waals surface area contributed by atoms with Crippen molar-refractivity contribution in [2.75, 3.05) is 11.9 Å². The van der Waals surface area contributed by atoms with E-state index in [9.17, 15) is 4.79 Å². The van der Waals surface area contributed by atoms with Gasteiger partial charge in [0.1, 0.15) is 5.52 Å². The second-order valence-electron chi connectivity index (χ2n) is 5.58. The van der Waals surface area contributed by atoms with Gasteiger partial charge in [0.15, 0.2) is 0 Å². The SMILES string of the molecule is O=C(Nc1cccc2c1CCNC2)c1cc(Br)c2nc[nH]c2c1. The van der Waals surface area contributed by atoms with Gasteiger partial charge in [-0.05, 0) is 58.2 Å². The van der Waals surface area contributed by atoms with E-state index in [0.717, 1.165) is 40.7 Å². The van der Waals surface area contributed by atoms with Crippen molar-refractivity contribution in [2.45, 2.75) is 13.0 Å². The zero-order valence-corrected chi connectivity index (χ0v) is 13.9. The average molecular weight is 371 g/mol. The van der Waals surface area contributed by atoms with Gasteiger partial charge < -0.3 is 15.6 Å². The van der Waals surface area contributed by atoms with Crippen LogP contribution < -0.4 is 10.6 Å². The van der Waals surface area contributed by atoms with Crippen LogP contribution in [0.1, 0.15) is 21.5 Å². The van der Waals surface area contributed by atoms with Crippen LogP contribution in [0.15, 0.2) is 41.1 Å². The summed E-state index contributed by atoms with van der Waals surface area (Å²) < 4.78 is 0.806. The molecule has 0 atom stereocenters. The smallest absolute Gasteiger partial charge is 0.255 e. The Hall–Kier alpha value is -2.18. The lowest BCUT2D eigenvalue weighted by Gasteiger charge is -2.20. The zero-order chi connectivity index (χ0) is 15.8. The number of imidazole rings is 1.